The number of aryl methyl sites for hydroxylation is 1. The van der Waals surface area contributed by atoms with Crippen LogP contribution in [0, 0.1) is 5.82 Å². The van der Waals surface area contributed by atoms with Gasteiger partial charge in [-0.3, -0.25) is 4.68 Å². The van der Waals surface area contributed by atoms with Gasteiger partial charge in [0.15, 0.2) is 5.82 Å². The first kappa shape index (κ1) is 11.7. The summed E-state index contributed by atoms with van der Waals surface area (Å²) >= 11 is 0. The third-order valence-corrected chi connectivity index (χ3v) is 2.41. The molecule has 0 fully saturated rings. The Morgan fingerprint density at radius 3 is 2.71 bits per heavy atom. The van der Waals surface area contributed by atoms with Gasteiger partial charge < -0.3 is 5.32 Å². The molecule has 2 aromatic rings. The van der Waals surface area contributed by atoms with Crippen LogP contribution in [0.4, 0.5) is 4.39 Å². The van der Waals surface area contributed by atoms with Gasteiger partial charge in [0.2, 0.25) is 0 Å². The number of nitrogens with one attached hydrogen (secondary N) is 1. The highest BCUT2D eigenvalue weighted by Gasteiger charge is 1.98. The quantitative estimate of drug-likeness (QED) is 0.793. The fraction of sp³-hybridized carbons (Fsp3) is 0.333. The summed E-state index contributed by atoms with van der Waals surface area (Å²) in [5, 5.41) is 7.45. The second kappa shape index (κ2) is 5.54. The zero-order valence-corrected chi connectivity index (χ0v) is 9.73. The third-order valence-electron chi connectivity index (χ3n) is 2.41. The summed E-state index contributed by atoms with van der Waals surface area (Å²) in [4.78, 5) is 4.13. The minimum absolute atomic E-state index is 0.202. The Balaban J connectivity index is 1.71. The first-order valence-corrected chi connectivity index (χ1v) is 5.54. The fourth-order valence-corrected chi connectivity index (χ4v) is 1.53. The summed E-state index contributed by atoms with van der Waals surface area (Å²) in [6.45, 7) is 1.54. The van der Waals surface area contributed by atoms with E-state index < -0.39 is 0 Å². The number of halogens is 1. The third kappa shape index (κ3) is 3.64. The van der Waals surface area contributed by atoms with Gasteiger partial charge >= 0.3 is 0 Å². The summed E-state index contributed by atoms with van der Waals surface area (Å²) in [5.41, 5.74) is 1.07. The van der Waals surface area contributed by atoms with E-state index in [1.54, 1.807) is 23.1 Å². The molecule has 17 heavy (non-hydrogen) atoms. The predicted molar refractivity (Wildman–Crippen MR) is 62.8 cm³/mol. The van der Waals surface area contributed by atoms with E-state index in [0.717, 1.165) is 30.9 Å². The highest BCUT2D eigenvalue weighted by molar-refractivity contribution is 5.15. The summed E-state index contributed by atoms with van der Waals surface area (Å²) in [6.07, 6.45) is 2.48. The van der Waals surface area contributed by atoms with Crippen molar-refractivity contribution in [2.75, 3.05) is 6.54 Å². The number of nitrogens with zero attached hydrogens (tertiary/aromatic N) is 3. The van der Waals surface area contributed by atoms with Gasteiger partial charge in [0.1, 0.15) is 12.1 Å². The normalized spacial score (nSPS) is 10.7. The summed E-state index contributed by atoms with van der Waals surface area (Å²) in [7, 11) is 1.85. The Bertz CT molecular complexity index is 464. The lowest BCUT2D eigenvalue weighted by Crippen LogP contribution is -2.17. The topological polar surface area (TPSA) is 42.7 Å². The van der Waals surface area contributed by atoms with Crippen molar-refractivity contribution >= 4 is 0 Å². The summed E-state index contributed by atoms with van der Waals surface area (Å²) < 4.78 is 14.3. The molecule has 0 unspecified atom stereocenters. The molecule has 0 saturated heterocycles. The molecule has 1 aromatic carbocycles. The van der Waals surface area contributed by atoms with Crippen molar-refractivity contribution in [1.29, 1.82) is 0 Å². The molecule has 4 nitrogen and oxygen atoms in total. The second-order valence-electron chi connectivity index (χ2n) is 3.89. The second-order valence-corrected chi connectivity index (χ2v) is 3.89. The van der Waals surface area contributed by atoms with E-state index in [9.17, 15) is 4.39 Å². The van der Waals surface area contributed by atoms with Crippen LogP contribution < -0.4 is 5.32 Å². The van der Waals surface area contributed by atoms with Crippen molar-refractivity contribution in [2.45, 2.75) is 13.0 Å². The lowest BCUT2D eigenvalue weighted by molar-refractivity contribution is 0.624. The van der Waals surface area contributed by atoms with Crippen molar-refractivity contribution in [1.82, 2.24) is 20.1 Å². The Morgan fingerprint density at radius 2 is 2.06 bits per heavy atom. The van der Waals surface area contributed by atoms with E-state index >= 15 is 0 Å². The van der Waals surface area contributed by atoms with Crippen LogP contribution in [0.3, 0.4) is 0 Å². The van der Waals surface area contributed by atoms with Crippen LogP contribution in [-0.4, -0.2) is 21.3 Å². The average molecular weight is 234 g/mol. The number of rotatable bonds is 5. The minimum Gasteiger partial charge on any atom is -0.312 e. The first-order chi connectivity index (χ1) is 8.24. The molecule has 0 bridgehead atoms. The molecule has 0 atom stereocenters. The molecular weight excluding hydrogens is 219 g/mol. The van der Waals surface area contributed by atoms with Crippen LogP contribution in [0.15, 0.2) is 30.6 Å². The van der Waals surface area contributed by atoms with Crippen LogP contribution in [-0.2, 0) is 20.0 Å². The van der Waals surface area contributed by atoms with E-state index in [1.165, 1.54) is 12.1 Å². The van der Waals surface area contributed by atoms with Crippen LogP contribution in [0.25, 0.3) is 0 Å². The SMILES string of the molecule is Cn1cnc(CCNCc2ccc(F)cc2)n1. The highest BCUT2D eigenvalue weighted by Crippen LogP contribution is 2.01. The van der Waals surface area contributed by atoms with Gasteiger partial charge in [-0.15, -0.1) is 0 Å². The highest BCUT2D eigenvalue weighted by atomic mass is 19.1. The Morgan fingerprint density at radius 1 is 1.29 bits per heavy atom. The van der Waals surface area contributed by atoms with Gasteiger partial charge in [-0.2, -0.15) is 5.10 Å². The minimum atomic E-state index is -0.202. The predicted octanol–water partition coefficient (Wildman–Crippen LogP) is 1.29. The molecule has 1 N–H and O–H groups in total. The van der Waals surface area contributed by atoms with Gasteiger partial charge in [0, 0.05) is 26.6 Å². The molecule has 90 valence electrons. The smallest absolute Gasteiger partial charge is 0.151 e. The Labute approximate surface area is 99.5 Å². The monoisotopic (exact) mass is 234 g/mol. The van der Waals surface area contributed by atoms with Gasteiger partial charge in [-0.05, 0) is 17.7 Å². The number of aromatic nitrogens is 3. The summed E-state index contributed by atoms with van der Waals surface area (Å²) in [5.74, 6) is 0.630. The van der Waals surface area contributed by atoms with E-state index in [1.807, 2.05) is 7.05 Å². The van der Waals surface area contributed by atoms with E-state index in [-0.39, 0.29) is 5.82 Å². The van der Waals surface area contributed by atoms with Crippen molar-refractivity contribution in [3.8, 4) is 0 Å². The van der Waals surface area contributed by atoms with E-state index in [2.05, 4.69) is 15.4 Å². The van der Waals surface area contributed by atoms with Crippen molar-refractivity contribution < 1.29 is 4.39 Å². The van der Waals surface area contributed by atoms with Crippen LogP contribution in [0.2, 0.25) is 0 Å². The van der Waals surface area contributed by atoms with E-state index in [0.29, 0.717) is 0 Å². The fourth-order valence-electron chi connectivity index (χ4n) is 1.53. The van der Waals surface area contributed by atoms with E-state index in [4.69, 9.17) is 0 Å². The lowest BCUT2D eigenvalue weighted by atomic mass is 10.2. The molecule has 5 heteroatoms. The largest absolute Gasteiger partial charge is 0.312 e. The molecule has 1 aromatic heterocycles. The Hall–Kier alpha value is -1.75. The maximum atomic E-state index is 12.7. The Kier molecular flexibility index (Phi) is 3.82. The van der Waals surface area contributed by atoms with Gasteiger partial charge in [0.05, 0.1) is 0 Å². The molecular formula is C12H15FN4. The number of hydrogen-bond acceptors (Lipinski definition) is 3. The van der Waals surface area contributed by atoms with Crippen molar-refractivity contribution in [3.63, 3.8) is 0 Å². The maximum Gasteiger partial charge on any atom is 0.151 e. The zero-order chi connectivity index (χ0) is 12.1. The summed E-state index contributed by atoms with van der Waals surface area (Å²) in [6, 6.07) is 6.50. The average Bonchev–Trinajstić information content (AvgIpc) is 2.73. The standard InChI is InChI=1S/C12H15FN4/c1-17-9-15-12(16-17)6-7-14-8-10-2-4-11(13)5-3-10/h2-5,9,14H,6-8H2,1H3. The van der Waals surface area contributed by atoms with Gasteiger partial charge in [0.25, 0.3) is 0 Å². The molecule has 0 spiro atoms. The number of benzene rings is 1. The van der Waals surface area contributed by atoms with Gasteiger partial charge in [-0.25, -0.2) is 9.37 Å². The molecule has 0 amide bonds. The molecule has 0 aliphatic rings. The molecule has 2 rings (SSSR count). The molecule has 0 saturated carbocycles. The lowest BCUT2D eigenvalue weighted by Gasteiger charge is -2.03. The maximum absolute atomic E-state index is 12.7. The van der Waals surface area contributed by atoms with Crippen LogP contribution in [0.1, 0.15) is 11.4 Å². The first-order valence-electron chi connectivity index (χ1n) is 5.54. The molecule has 0 aliphatic heterocycles. The van der Waals surface area contributed by atoms with Crippen LogP contribution in [0.5, 0.6) is 0 Å². The molecule has 0 aliphatic carbocycles. The molecule has 1 heterocycles. The molecule has 0 radical (unpaired) electrons. The zero-order valence-electron chi connectivity index (χ0n) is 9.73. The number of hydrogen-bond donors (Lipinski definition) is 1. The van der Waals surface area contributed by atoms with Crippen molar-refractivity contribution in [3.05, 3.63) is 47.8 Å². The van der Waals surface area contributed by atoms with Gasteiger partial charge in [-0.1, -0.05) is 12.1 Å². The van der Waals surface area contributed by atoms with Crippen LogP contribution >= 0.6 is 0 Å². The van der Waals surface area contributed by atoms with Crippen molar-refractivity contribution in [2.24, 2.45) is 7.05 Å².